The summed E-state index contributed by atoms with van der Waals surface area (Å²) < 4.78 is 29.8. The lowest BCUT2D eigenvalue weighted by atomic mass is 9.79. The molecule has 0 aromatic carbocycles. The normalized spacial score (nSPS) is 26.6. The molecule has 2 aliphatic rings. The monoisotopic (exact) mass is 218 g/mol. The molecular weight excluding hydrogens is 200 g/mol. The molecule has 2 rings (SSSR count). The molecule has 3 nitrogen and oxygen atoms in total. The summed E-state index contributed by atoms with van der Waals surface area (Å²) in [5.74, 6) is 0.480. The molecule has 0 unspecified atom stereocenters. The van der Waals surface area contributed by atoms with Crippen LogP contribution in [0.15, 0.2) is 0 Å². The molecule has 0 amide bonds. The molecule has 0 aromatic heterocycles. The van der Waals surface area contributed by atoms with Crippen molar-refractivity contribution in [3.05, 3.63) is 0 Å². The molecule has 0 heterocycles. The first-order valence-electron chi connectivity index (χ1n) is 5.44. The highest BCUT2D eigenvalue weighted by atomic mass is 32.2. The Morgan fingerprint density at radius 1 is 1.14 bits per heavy atom. The Morgan fingerprint density at radius 3 is 2.14 bits per heavy atom. The SMILES string of the molecule is O=S(=O)(O)CCC1CCC2(CC1)CC2. The fraction of sp³-hybridized carbons (Fsp3) is 1.00. The van der Waals surface area contributed by atoms with E-state index in [1.165, 1.54) is 25.7 Å². The van der Waals surface area contributed by atoms with Gasteiger partial charge in [0.05, 0.1) is 5.75 Å². The van der Waals surface area contributed by atoms with Gasteiger partial charge in [-0.2, -0.15) is 8.42 Å². The lowest BCUT2D eigenvalue weighted by molar-refractivity contribution is 0.252. The zero-order valence-corrected chi connectivity index (χ0v) is 9.22. The second kappa shape index (κ2) is 3.49. The predicted molar refractivity (Wildman–Crippen MR) is 54.7 cm³/mol. The van der Waals surface area contributed by atoms with Gasteiger partial charge in [-0.3, -0.25) is 4.55 Å². The zero-order chi connectivity index (χ0) is 10.2. The van der Waals surface area contributed by atoms with Crippen LogP contribution in [0.4, 0.5) is 0 Å². The second-order valence-corrected chi connectivity index (χ2v) is 6.59. The van der Waals surface area contributed by atoms with Crippen molar-refractivity contribution in [1.29, 1.82) is 0 Å². The first-order valence-corrected chi connectivity index (χ1v) is 7.05. The molecule has 2 fully saturated rings. The van der Waals surface area contributed by atoms with E-state index in [0.717, 1.165) is 12.8 Å². The fourth-order valence-corrected chi connectivity index (χ4v) is 3.20. The highest BCUT2D eigenvalue weighted by molar-refractivity contribution is 7.85. The van der Waals surface area contributed by atoms with E-state index in [2.05, 4.69) is 0 Å². The van der Waals surface area contributed by atoms with Crippen molar-refractivity contribution in [3.63, 3.8) is 0 Å². The van der Waals surface area contributed by atoms with Gasteiger partial charge < -0.3 is 0 Å². The Morgan fingerprint density at radius 2 is 1.71 bits per heavy atom. The molecular formula is C10H18O3S. The van der Waals surface area contributed by atoms with Crippen LogP contribution in [0.2, 0.25) is 0 Å². The van der Waals surface area contributed by atoms with Crippen LogP contribution < -0.4 is 0 Å². The fourth-order valence-electron chi connectivity index (χ4n) is 2.57. The van der Waals surface area contributed by atoms with Crippen molar-refractivity contribution in [2.75, 3.05) is 5.75 Å². The Hall–Kier alpha value is -0.0900. The molecule has 0 aliphatic heterocycles. The van der Waals surface area contributed by atoms with E-state index in [1.54, 1.807) is 0 Å². The van der Waals surface area contributed by atoms with E-state index in [-0.39, 0.29) is 5.75 Å². The van der Waals surface area contributed by atoms with Gasteiger partial charge in [-0.25, -0.2) is 0 Å². The molecule has 0 saturated heterocycles. The lowest BCUT2D eigenvalue weighted by Crippen LogP contribution is -2.18. The van der Waals surface area contributed by atoms with Gasteiger partial charge in [0.1, 0.15) is 0 Å². The van der Waals surface area contributed by atoms with E-state index in [0.29, 0.717) is 17.8 Å². The van der Waals surface area contributed by atoms with Gasteiger partial charge in [-0.15, -0.1) is 0 Å². The minimum atomic E-state index is -3.74. The average molecular weight is 218 g/mol. The standard InChI is InChI=1S/C10H18O3S/c11-14(12,13)8-3-9-1-4-10(5-2-9)6-7-10/h9H,1-8H2,(H,11,12,13). The smallest absolute Gasteiger partial charge is 0.264 e. The van der Waals surface area contributed by atoms with Crippen LogP contribution >= 0.6 is 0 Å². The zero-order valence-electron chi connectivity index (χ0n) is 8.41. The maximum atomic E-state index is 10.6. The summed E-state index contributed by atoms with van der Waals surface area (Å²) in [7, 11) is -3.74. The Balaban J connectivity index is 1.73. The number of hydrogen-bond donors (Lipinski definition) is 1. The van der Waals surface area contributed by atoms with Crippen LogP contribution in [-0.4, -0.2) is 18.7 Å². The van der Waals surface area contributed by atoms with Gasteiger partial charge in [-0.05, 0) is 56.3 Å². The van der Waals surface area contributed by atoms with Crippen molar-refractivity contribution < 1.29 is 13.0 Å². The second-order valence-electron chi connectivity index (χ2n) is 5.02. The minimum absolute atomic E-state index is 0.0509. The highest BCUT2D eigenvalue weighted by Gasteiger charge is 2.44. The van der Waals surface area contributed by atoms with Gasteiger partial charge in [0.25, 0.3) is 10.1 Å². The predicted octanol–water partition coefficient (Wildman–Crippen LogP) is 2.23. The summed E-state index contributed by atoms with van der Waals surface area (Å²) in [4.78, 5) is 0. The van der Waals surface area contributed by atoms with Crippen molar-refractivity contribution in [2.24, 2.45) is 11.3 Å². The van der Waals surface area contributed by atoms with E-state index >= 15 is 0 Å². The van der Waals surface area contributed by atoms with Crippen molar-refractivity contribution in [2.45, 2.75) is 44.9 Å². The molecule has 1 spiro atoms. The van der Waals surface area contributed by atoms with Gasteiger partial charge in [0, 0.05) is 0 Å². The summed E-state index contributed by atoms with van der Waals surface area (Å²) in [5.41, 5.74) is 0.675. The van der Waals surface area contributed by atoms with Crippen LogP contribution in [0.5, 0.6) is 0 Å². The number of hydrogen-bond acceptors (Lipinski definition) is 2. The van der Waals surface area contributed by atoms with E-state index in [1.807, 2.05) is 0 Å². The summed E-state index contributed by atoms with van der Waals surface area (Å²) >= 11 is 0. The van der Waals surface area contributed by atoms with Gasteiger partial charge in [0.15, 0.2) is 0 Å². The largest absolute Gasteiger partial charge is 0.286 e. The van der Waals surface area contributed by atoms with Crippen LogP contribution in [0.1, 0.15) is 44.9 Å². The van der Waals surface area contributed by atoms with Crippen molar-refractivity contribution in [3.8, 4) is 0 Å². The van der Waals surface area contributed by atoms with Crippen LogP contribution in [-0.2, 0) is 10.1 Å². The third-order valence-corrected chi connectivity index (χ3v) is 4.66. The molecule has 0 aromatic rings. The number of rotatable bonds is 3. The molecule has 14 heavy (non-hydrogen) atoms. The summed E-state index contributed by atoms with van der Waals surface area (Å²) in [5, 5.41) is 0. The lowest BCUT2D eigenvalue weighted by Gasteiger charge is -2.27. The average Bonchev–Trinajstić information content (AvgIpc) is 2.83. The van der Waals surface area contributed by atoms with Crippen LogP contribution in [0.3, 0.4) is 0 Å². The highest BCUT2D eigenvalue weighted by Crippen LogP contribution is 2.57. The molecule has 0 bridgehead atoms. The topological polar surface area (TPSA) is 54.4 Å². The van der Waals surface area contributed by atoms with Gasteiger partial charge in [-0.1, -0.05) is 0 Å². The first kappa shape index (κ1) is 10.4. The van der Waals surface area contributed by atoms with E-state index in [9.17, 15) is 8.42 Å². The van der Waals surface area contributed by atoms with E-state index in [4.69, 9.17) is 4.55 Å². The van der Waals surface area contributed by atoms with Gasteiger partial charge >= 0.3 is 0 Å². The van der Waals surface area contributed by atoms with Crippen molar-refractivity contribution >= 4 is 10.1 Å². The summed E-state index contributed by atoms with van der Waals surface area (Å²) in [6.07, 6.45) is 8.31. The van der Waals surface area contributed by atoms with Gasteiger partial charge in [0.2, 0.25) is 0 Å². The summed E-state index contributed by atoms with van der Waals surface area (Å²) in [6, 6.07) is 0. The first-order chi connectivity index (χ1) is 6.49. The quantitative estimate of drug-likeness (QED) is 0.739. The maximum Gasteiger partial charge on any atom is 0.264 e. The third kappa shape index (κ3) is 2.70. The third-order valence-electron chi connectivity index (χ3n) is 3.91. The Kier molecular flexibility index (Phi) is 2.60. The molecule has 0 atom stereocenters. The molecule has 1 N–H and O–H groups in total. The molecule has 4 heteroatoms. The Bertz CT molecular complexity index is 293. The minimum Gasteiger partial charge on any atom is -0.286 e. The van der Waals surface area contributed by atoms with E-state index < -0.39 is 10.1 Å². The van der Waals surface area contributed by atoms with Crippen LogP contribution in [0.25, 0.3) is 0 Å². The molecule has 0 radical (unpaired) electrons. The molecule has 82 valence electrons. The maximum absolute atomic E-state index is 10.6. The van der Waals surface area contributed by atoms with Crippen molar-refractivity contribution in [1.82, 2.24) is 0 Å². The Labute approximate surface area is 85.6 Å². The van der Waals surface area contributed by atoms with Crippen LogP contribution in [0, 0.1) is 11.3 Å². The molecule has 2 saturated carbocycles. The molecule has 2 aliphatic carbocycles. The summed E-state index contributed by atoms with van der Waals surface area (Å²) in [6.45, 7) is 0.